The van der Waals surface area contributed by atoms with Crippen molar-refractivity contribution in [3.8, 4) is 0 Å². The van der Waals surface area contributed by atoms with Gasteiger partial charge in [0.2, 0.25) is 0 Å². The largest absolute Gasteiger partial charge is 0.465 e. The normalized spacial score (nSPS) is 11.8. The number of nitrogens with zero attached hydrogens (tertiary/aromatic N) is 1. The zero-order valence-corrected chi connectivity index (χ0v) is 15.5. The van der Waals surface area contributed by atoms with Gasteiger partial charge in [0.25, 0.3) is 0 Å². The second-order valence-corrected chi connectivity index (χ2v) is 8.23. The van der Waals surface area contributed by atoms with Crippen LogP contribution in [0, 0.1) is 0 Å². The first-order valence-corrected chi connectivity index (χ1v) is 9.07. The van der Waals surface area contributed by atoms with E-state index in [0.29, 0.717) is 10.9 Å². The Morgan fingerprint density at radius 3 is 2.08 bits per heavy atom. The average Bonchev–Trinajstić information content (AvgIpc) is 2.89. The molecule has 1 heterocycles. The lowest BCUT2D eigenvalue weighted by atomic mass is 10.2. The van der Waals surface area contributed by atoms with E-state index in [-0.39, 0.29) is 5.97 Å². The molecule has 3 nitrogen and oxygen atoms in total. The molecule has 0 radical (unpaired) electrons. The van der Waals surface area contributed by atoms with E-state index in [1.54, 1.807) is 0 Å². The molecule has 0 unspecified atom stereocenters. The summed E-state index contributed by atoms with van der Waals surface area (Å²) in [6.45, 7) is 5.86. The van der Waals surface area contributed by atoms with Gasteiger partial charge in [-0.25, -0.2) is 0 Å². The van der Waals surface area contributed by atoms with Gasteiger partial charge in [-0.05, 0) is 32.9 Å². The Kier molecular flexibility index (Phi) is 4.65. The predicted molar refractivity (Wildman–Crippen MR) is 106 cm³/mol. The Labute approximate surface area is 151 Å². The molecule has 2 aromatic carbocycles. The third-order valence-corrected chi connectivity index (χ3v) is 5.34. The second-order valence-electron chi connectivity index (χ2n) is 5.97. The minimum absolute atomic E-state index is 0.252. The molecule has 0 bridgehead atoms. The summed E-state index contributed by atoms with van der Waals surface area (Å²) in [5.74, 6) is -0.252. The minimum atomic E-state index is -0.737. The first-order valence-electron chi connectivity index (χ1n) is 7.84. The lowest BCUT2D eigenvalue weighted by Crippen LogP contribution is -2.32. The molecule has 0 aliphatic carbocycles. The number of rotatable bonds is 3. The number of para-hydroxylation sites is 2. The summed E-state index contributed by atoms with van der Waals surface area (Å²) < 4.78 is 7.13. The summed E-state index contributed by atoms with van der Waals surface area (Å²) in [5.41, 5.74) is 2.10. The predicted octanol–water partition coefficient (Wildman–Crippen LogP) is 5.00. The third-order valence-electron chi connectivity index (χ3n) is 3.87. The third kappa shape index (κ3) is 2.94. The number of benzene rings is 2. The highest BCUT2D eigenvalue weighted by Crippen LogP contribution is 2.34. The molecule has 124 valence electrons. The molecule has 0 amide bonds. The van der Waals surface area contributed by atoms with E-state index in [1.165, 1.54) is 11.8 Å². The molecule has 0 N–H and O–H groups in total. The van der Waals surface area contributed by atoms with E-state index >= 15 is 0 Å². The number of carbonyl (C=O) groups is 1. The van der Waals surface area contributed by atoms with E-state index in [2.05, 4.69) is 24.3 Å². The van der Waals surface area contributed by atoms with Gasteiger partial charge in [-0.15, -0.1) is 0 Å². The SMILES string of the molecule is CCOC(=O)C(C)(C)SC(=S)n1c2ccccc2c2ccccc21. The van der Waals surface area contributed by atoms with Gasteiger partial charge in [0.1, 0.15) is 9.07 Å². The van der Waals surface area contributed by atoms with Crippen LogP contribution in [0.15, 0.2) is 48.5 Å². The quantitative estimate of drug-likeness (QED) is 0.487. The van der Waals surface area contributed by atoms with Crippen molar-refractivity contribution in [1.29, 1.82) is 0 Å². The van der Waals surface area contributed by atoms with Gasteiger partial charge < -0.3 is 4.74 Å². The van der Waals surface area contributed by atoms with Gasteiger partial charge in [0.05, 0.1) is 17.6 Å². The van der Waals surface area contributed by atoms with Crippen LogP contribution >= 0.6 is 24.0 Å². The maximum Gasteiger partial charge on any atom is 0.322 e. The molecule has 5 heteroatoms. The molecule has 3 aromatic rings. The summed E-state index contributed by atoms with van der Waals surface area (Å²) in [4.78, 5) is 12.2. The van der Waals surface area contributed by atoms with Gasteiger partial charge in [0, 0.05) is 10.8 Å². The molecule has 0 saturated heterocycles. The number of thiocarbonyl (C=S) groups is 1. The van der Waals surface area contributed by atoms with Crippen LogP contribution in [-0.4, -0.2) is 26.2 Å². The fourth-order valence-electron chi connectivity index (χ4n) is 2.73. The Morgan fingerprint density at radius 1 is 1.08 bits per heavy atom. The number of hydrogen-bond acceptors (Lipinski definition) is 4. The second kappa shape index (κ2) is 6.57. The number of carbonyl (C=O) groups excluding carboxylic acids is 1. The lowest BCUT2D eigenvalue weighted by molar-refractivity contribution is -0.145. The van der Waals surface area contributed by atoms with Gasteiger partial charge in [-0.1, -0.05) is 60.4 Å². The number of esters is 1. The molecule has 1 aromatic heterocycles. The Balaban J connectivity index is 2.08. The van der Waals surface area contributed by atoms with Crippen LogP contribution in [0.2, 0.25) is 0 Å². The van der Waals surface area contributed by atoms with Crippen LogP contribution in [-0.2, 0) is 9.53 Å². The monoisotopic (exact) mass is 357 g/mol. The van der Waals surface area contributed by atoms with Crippen molar-refractivity contribution in [3.63, 3.8) is 0 Å². The molecule has 3 rings (SSSR count). The Bertz CT molecular complexity index is 874. The highest BCUT2D eigenvalue weighted by atomic mass is 32.2. The Hall–Kier alpha value is -1.85. The van der Waals surface area contributed by atoms with E-state index in [4.69, 9.17) is 17.0 Å². The summed E-state index contributed by atoms with van der Waals surface area (Å²) in [6.07, 6.45) is 0. The van der Waals surface area contributed by atoms with Crippen molar-refractivity contribution in [2.24, 2.45) is 0 Å². The molecule has 0 fully saturated rings. The molecular weight excluding hydrogens is 338 g/mol. The van der Waals surface area contributed by atoms with E-state index in [9.17, 15) is 4.79 Å². The van der Waals surface area contributed by atoms with Crippen molar-refractivity contribution in [1.82, 2.24) is 4.57 Å². The van der Waals surface area contributed by atoms with Crippen LogP contribution < -0.4 is 0 Å². The van der Waals surface area contributed by atoms with Crippen molar-refractivity contribution in [3.05, 3.63) is 48.5 Å². The summed E-state index contributed by atoms with van der Waals surface area (Å²) in [7, 11) is 0. The highest BCUT2D eigenvalue weighted by molar-refractivity contribution is 8.24. The van der Waals surface area contributed by atoms with E-state index in [0.717, 1.165) is 21.8 Å². The zero-order chi connectivity index (χ0) is 17.3. The number of thioether (sulfide) groups is 1. The summed E-state index contributed by atoms with van der Waals surface area (Å²) in [6, 6.07) is 16.4. The van der Waals surface area contributed by atoms with Gasteiger partial charge >= 0.3 is 5.97 Å². The van der Waals surface area contributed by atoms with E-state index < -0.39 is 4.75 Å². The first-order chi connectivity index (χ1) is 11.5. The molecule has 0 saturated carbocycles. The summed E-state index contributed by atoms with van der Waals surface area (Å²) in [5, 5.41) is 2.31. The van der Waals surface area contributed by atoms with Crippen molar-refractivity contribution < 1.29 is 9.53 Å². The standard InChI is InChI=1S/C19H19NO2S2/c1-4-22-17(21)19(2,3)24-18(23)20-15-11-7-5-9-13(15)14-10-6-8-12-16(14)20/h5-12H,4H2,1-3H3. The van der Waals surface area contributed by atoms with E-state index in [1.807, 2.05) is 49.6 Å². The van der Waals surface area contributed by atoms with Crippen molar-refractivity contribution in [2.75, 3.05) is 6.61 Å². The molecular formula is C19H19NO2S2. The fourth-order valence-corrected chi connectivity index (χ4v) is 4.42. The number of fused-ring (bicyclic) bond motifs is 3. The average molecular weight is 358 g/mol. The highest BCUT2D eigenvalue weighted by Gasteiger charge is 2.32. The number of hydrogen-bond donors (Lipinski definition) is 0. The molecule has 0 aliphatic heterocycles. The van der Waals surface area contributed by atoms with Crippen LogP contribution in [0.4, 0.5) is 0 Å². The van der Waals surface area contributed by atoms with Crippen LogP contribution in [0.1, 0.15) is 20.8 Å². The van der Waals surface area contributed by atoms with Gasteiger partial charge in [0.15, 0.2) is 0 Å². The smallest absolute Gasteiger partial charge is 0.322 e. The van der Waals surface area contributed by atoms with Gasteiger partial charge in [-0.3, -0.25) is 9.36 Å². The van der Waals surface area contributed by atoms with Crippen LogP contribution in [0.3, 0.4) is 0 Å². The minimum Gasteiger partial charge on any atom is -0.465 e. The maximum atomic E-state index is 12.2. The molecule has 0 atom stereocenters. The molecule has 0 aliphatic rings. The van der Waals surface area contributed by atoms with Crippen molar-refractivity contribution >= 4 is 56.1 Å². The Morgan fingerprint density at radius 2 is 1.58 bits per heavy atom. The topological polar surface area (TPSA) is 31.2 Å². The number of ether oxygens (including phenoxy) is 1. The van der Waals surface area contributed by atoms with Gasteiger partial charge in [-0.2, -0.15) is 0 Å². The van der Waals surface area contributed by atoms with Crippen LogP contribution in [0.25, 0.3) is 21.8 Å². The molecule has 0 spiro atoms. The van der Waals surface area contributed by atoms with Crippen LogP contribution in [0.5, 0.6) is 0 Å². The maximum absolute atomic E-state index is 12.2. The first kappa shape index (κ1) is 17.0. The van der Waals surface area contributed by atoms with Crippen molar-refractivity contribution in [2.45, 2.75) is 25.5 Å². The zero-order valence-electron chi connectivity index (χ0n) is 13.9. The lowest BCUT2D eigenvalue weighted by Gasteiger charge is -2.22. The fraction of sp³-hybridized carbons (Fsp3) is 0.263. The molecule has 24 heavy (non-hydrogen) atoms. The number of aromatic nitrogens is 1. The summed E-state index contributed by atoms with van der Waals surface area (Å²) >= 11 is 7.06.